The summed E-state index contributed by atoms with van der Waals surface area (Å²) < 4.78 is 6.47. The van der Waals surface area contributed by atoms with Crippen LogP contribution >= 0.6 is 23.4 Å². The van der Waals surface area contributed by atoms with Crippen molar-refractivity contribution in [3.8, 4) is 0 Å². The maximum absolute atomic E-state index is 6.47. The van der Waals surface area contributed by atoms with Gasteiger partial charge in [0.15, 0.2) is 4.93 Å². The van der Waals surface area contributed by atoms with Gasteiger partial charge in [-0.25, -0.2) is 0 Å². The quantitative estimate of drug-likeness (QED) is 0.698. The molecule has 2 aliphatic heterocycles. The Hall–Kier alpha value is -1.29. The molecule has 1 fully saturated rings. The van der Waals surface area contributed by atoms with Crippen molar-refractivity contribution >= 4 is 35.3 Å². The maximum atomic E-state index is 6.47. The summed E-state index contributed by atoms with van der Waals surface area (Å²) in [7, 11) is 0. The SMILES string of the molecule is C[C@@]1(c2ccccc2)C=Nc2ccc(Cl)cc2[C@]12OCCCS2. The van der Waals surface area contributed by atoms with Crippen molar-refractivity contribution in [2.24, 2.45) is 4.99 Å². The predicted molar refractivity (Wildman–Crippen MR) is 98.1 cm³/mol. The van der Waals surface area contributed by atoms with Crippen LogP contribution in [-0.4, -0.2) is 18.6 Å². The van der Waals surface area contributed by atoms with Gasteiger partial charge in [-0.2, -0.15) is 0 Å². The van der Waals surface area contributed by atoms with E-state index < -0.39 is 4.93 Å². The second-order valence-corrected chi connectivity index (χ2v) is 7.86. The molecule has 23 heavy (non-hydrogen) atoms. The Kier molecular flexibility index (Phi) is 3.75. The first-order valence-electron chi connectivity index (χ1n) is 7.84. The Morgan fingerprint density at radius 1 is 1.17 bits per heavy atom. The number of halogens is 1. The third-order valence-corrected chi connectivity index (χ3v) is 6.63. The van der Waals surface area contributed by atoms with Gasteiger partial charge in [0.1, 0.15) is 0 Å². The number of nitrogens with zero attached hydrogens (tertiary/aromatic N) is 1. The van der Waals surface area contributed by atoms with Gasteiger partial charge in [-0.05, 0) is 42.9 Å². The largest absolute Gasteiger partial charge is 0.359 e. The van der Waals surface area contributed by atoms with Crippen LogP contribution in [0.5, 0.6) is 0 Å². The van der Waals surface area contributed by atoms with E-state index in [4.69, 9.17) is 21.3 Å². The number of aliphatic imine (C=N–C) groups is 1. The van der Waals surface area contributed by atoms with Crippen LogP contribution in [0.1, 0.15) is 24.5 Å². The molecule has 0 N–H and O–H groups in total. The van der Waals surface area contributed by atoms with Gasteiger partial charge in [0.25, 0.3) is 0 Å². The Morgan fingerprint density at radius 2 is 2.00 bits per heavy atom. The highest BCUT2D eigenvalue weighted by atomic mass is 35.5. The van der Waals surface area contributed by atoms with E-state index in [2.05, 4.69) is 37.4 Å². The monoisotopic (exact) mass is 343 g/mol. The molecular formula is C19H18ClNOS. The van der Waals surface area contributed by atoms with Crippen LogP contribution in [0.4, 0.5) is 5.69 Å². The molecule has 0 saturated carbocycles. The van der Waals surface area contributed by atoms with E-state index in [-0.39, 0.29) is 5.41 Å². The van der Waals surface area contributed by atoms with E-state index in [0.29, 0.717) is 0 Å². The lowest BCUT2D eigenvalue weighted by atomic mass is 9.73. The average molecular weight is 344 g/mol. The van der Waals surface area contributed by atoms with Gasteiger partial charge in [0, 0.05) is 23.4 Å². The number of hydrogen-bond acceptors (Lipinski definition) is 3. The lowest BCUT2D eigenvalue weighted by molar-refractivity contribution is -0.0162. The zero-order chi connectivity index (χ0) is 15.9. The van der Waals surface area contributed by atoms with Crippen molar-refractivity contribution in [2.75, 3.05) is 12.4 Å². The van der Waals surface area contributed by atoms with Gasteiger partial charge in [0.2, 0.25) is 0 Å². The molecule has 2 aromatic rings. The fraction of sp³-hybridized carbons (Fsp3) is 0.316. The number of fused-ring (bicyclic) bond motifs is 2. The highest BCUT2D eigenvalue weighted by molar-refractivity contribution is 8.00. The van der Waals surface area contributed by atoms with Crippen molar-refractivity contribution < 1.29 is 4.74 Å². The molecular weight excluding hydrogens is 326 g/mol. The summed E-state index contributed by atoms with van der Waals surface area (Å²) >= 11 is 8.17. The maximum Gasteiger partial charge on any atom is 0.155 e. The summed E-state index contributed by atoms with van der Waals surface area (Å²) in [6, 6.07) is 16.4. The summed E-state index contributed by atoms with van der Waals surface area (Å²) in [6.45, 7) is 2.98. The molecule has 2 heterocycles. The van der Waals surface area contributed by atoms with Crippen molar-refractivity contribution in [1.82, 2.24) is 0 Å². The number of hydrogen-bond donors (Lipinski definition) is 0. The van der Waals surface area contributed by atoms with Crippen molar-refractivity contribution in [2.45, 2.75) is 23.7 Å². The van der Waals surface area contributed by atoms with E-state index in [9.17, 15) is 0 Å². The van der Waals surface area contributed by atoms with Crippen LogP contribution in [0, 0.1) is 0 Å². The molecule has 2 aromatic carbocycles. The Bertz CT molecular complexity index is 755. The van der Waals surface area contributed by atoms with Gasteiger partial charge < -0.3 is 4.74 Å². The lowest BCUT2D eigenvalue weighted by Crippen LogP contribution is -2.51. The standard InChI is InChI=1S/C19H18ClNOS/c1-18(14-6-3-2-4-7-14)13-21-17-9-8-15(20)12-16(17)19(18)22-10-5-11-23-19/h2-4,6-9,12-13H,5,10-11H2,1H3/t18-,19+/m0/s1. The van der Waals surface area contributed by atoms with E-state index in [1.54, 1.807) is 0 Å². The molecule has 2 atom stereocenters. The van der Waals surface area contributed by atoms with Crippen LogP contribution in [0.15, 0.2) is 53.5 Å². The van der Waals surface area contributed by atoms with Gasteiger partial charge in [-0.1, -0.05) is 41.9 Å². The molecule has 0 aliphatic carbocycles. The molecule has 0 amide bonds. The number of benzene rings is 2. The molecule has 4 heteroatoms. The second-order valence-electron chi connectivity index (χ2n) is 6.16. The molecule has 118 valence electrons. The fourth-order valence-electron chi connectivity index (χ4n) is 3.48. The molecule has 2 aliphatic rings. The van der Waals surface area contributed by atoms with Gasteiger partial charge in [0.05, 0.1) is 11.1 Å². The van der Waals surface area contributed by atoms with Crippen LogP contribution < -0.4 is 0 Å². The number of rotatable bonds is 1. The topological polar surface area (TPSA) is 21.6 Å². The van der Waals surface area contributed by atoms with Crippen LogP contribution in [-0.2, 0) is 15.1 Å². The Labute approximate surface area is 145 Å². The van der Waals surface area contributed by atoms with E-state index in [1.165, 1.54) is 5.56 Å². The van der Waals surface area contributed by atoms with Gasteiger partial charge in [-0.15, -0.1) is 11.8 Å². The zero-order valence-corrected chi connectivity index (χ0v) is 14.5. The number of thioether (sulfide) groups is 1. The molecule has 0 unspecified atom stereocenters. The van der Waals surface area contributed by atoms with Gasteiger partial charge in [-0.3, -0.25) is 4.99 Å². The minimum absolute atomic E-state index is 0.336. The first-order valence-corrected chi connectivity index (χ1v) is 9.21. The van der Waals surface area contributed by atoms with E-state index in [0.717, 1.165) is 35.1 Å². The van der Waals surface area contributed by atoms with Crippen molar-refractivity contribution in [3.63, 3.8) is 0 Å². The number of ether oxygens (including phenoxy) is 1. The van der Waals surface area contributed by atoms with E-state index in [1.807, 2.05) is 36.0 Å². The van der Waals surface area contributed by atoms with Gasteiger partial charge >= 0.3 is 0 Å². The van der Waals surface area contributed by atoms with Crippen molar-refractivity contribution in [1.29, 1.82) is 0 Å². The second kappa shape index (κ2) is 5.66. The highest BCUT2D eigenvalue weighted by Gasteiger charge is 2.55. The minimum atomic E-state index is -0.478. The first kappa shape index (κ1) is 15.3. The smallest absolute Gasteiger partial charge is 0.155 e. The minimum Gasteiger partial charge on any atom is -0.359 e. The third kappa shape index (κ3) is 2.25. The van der Waals surface area contributed by atoms with Crippen LogP contribution in [0.25, 0.3) is 0 Å². The highest BCUT2D eigenvalue weighted by Crippen LogP contribution is 2.58. The van der Waals surface area contributed by atoms with Crippen molar-refractivity contribution in [3.05, 3.63) is 64.7 Å². The average Bonchev–Trinajstić information content (AvgIpc) is 2.61. The molecule has 0 radical (unpaired) electrons. The first-order chi connectivity index (χ1) is 11.2. The predicted octanol–water partition coefficient (Wildman–Crippen LogP) is 5.32. The summed E-state index contributed by atoms with van der Waals surface area (Å²) in [4.78, 5) is 4.26. The zero-order valence-electron chi connectivity index (χ0n) is 13.0. The molecule has 2 nitrogen and oxygen atoms in total. The molecule has 0 bridgehead atoms. The summed E-state index contributed by atoms with van der Waals surface area (Å²) in [5, 5.41) is 0.727. The molecule has 1 spiro atoms. The summed E-state index contributed by atoms with van der Waals surface area (Å²) in [5.74, 6) is 1.07. The Balaban J connectivity index is 1.97. The molecule has 4 rings (SSSR count). The van der Waals surface area contributed by atoms with Crippen LogP contribution in [0.2, 0.25) is 5.02 Å². The third-order valence-electron chi connectivity index (χ3n) is 4.73. The summed E-state index contributed by atoms with van der Waals surface area (Å²) in [5.41, 5.74) is 2.92. The van der Waals surface area contributed by atoms with Crippen LogP contribution in [0.3, 0.4) is 0 Å². The Morgan fingerprint density at radius 3 is 2.74 bits per heavy atom. The molecule has 1 saturated heterocycles. The normalized spacial score (nSPS) is 29.5. The fourth-order valence-corrected chi connectivity index (χ4v) is 5.16. The van der Waals surface area contributed by atoms with E-state index >= 15 is 0 Å². The molecule has 0 aromatic heterocycles. The summed E-state index contributed by atoms with van der Waals surface area (Å²) in [6.07, 6.45) is 3.13. The lowest BCUT2D eigenvalue weighted by Gasteiger charge is -2.50.